The van der Waals surface area contributed by atoms with Crippen LogP contribution in [0.25, 0.3) is 268 Å². The summed E-state index contributed by atoms with van der Waals surface area (Å²) in [5.74, 6) is 9.31. The fourth-order valence-electron chi connectivity index (χ4n) is 18.7. The van der Waals surface area contributed by atoms with Crippen molar-refractivity contribution in [2.75, 3.05) is 0 Å². The molecule has 0 bridgehead atoms. The van der Waals surface area contributed by atoms with E-state index in [1.807, 2.05) is 273 Å². The van der Waals surface area contributed by atoms with Crippen molar-refractivity contribution in [2.24, 2.45) is 84.6 Å². The monoisotopic (exact) mass is 3060 g/mol. The predicted molar refractivity (Wildman–Crippen MR) is 542 cm³/mol. The average Bonchev–Trinajstić information content (AvgIpc) is 1.61. The Morgan fingerprint density at radius 1 is 0.220 bits per heavy atom. The van der Waals surface area contributed by atoms with E-state index >= 15 is 0 Å². The smallest absolute Gasteiger partial charge is 0.654 e. The fraction of sp³-hybridized carbons (Fsp3) is 0.111. The van der Waals surface area contributed by atoms with Gasteiger partial charge in [-0.3, -0.25) is 0 Å². The van der Waals surface area contributed by atoms with E-state index in [4.69, 9.17) is 56.4 Å². The van der Waals surface area contributed by atoms with Crippen molar-refractivity contribution in [1.82, 2.24) is 145 Å². The summed E-state index contributed by atoms with van der Waals surface area (Å²) in [5.41, 5.74) is 21.0. The van der Waals surface area contributed by atoms with E-state index in [9.17, 15) is 0 Å². The van der Waals surface area contributed by atoms with Crippen molar-refractivity contribution in [3.05, 3.63) is 296 Å². The van der Waals surface area contributed by atoms with Gasteiger partial charge in [0, 0.05) is 166 Å². The zero-order chi connectivity index (χ0) is 97.6. The molecule has 0 saturated carbocycles. The van der Waals surface area contributed by atoms with Gasteiger partial charge in [0.25, 0.3) is 0 Å². The number of fused-ring (bicyclic) bond motifs is 18. The van der Waals surface area contributed by atoms with E-state index in [1.54, 1.807) is 88.9 Å². The zero-order valence-electron chi connectivity index (χ0n) is 81.0. The minimum atomic E-state index is 0. The topological polar surface area (TPSA) is 377 Å². The molecule has 0 amide bonds. The summed E-state index contributed by atoms with van der Waals surface area (Å²) >= 11 is 0. The molecule has 0 aliphatic rings. The summed E-state index contributed by atoms with van der Waals surface area (Å²) in [6.45, 7) is 0. The van der Waals surface area contributed by atoms with Crippen LogP contribution in [0.5, 0.6) is 0 Å². The molecule has 36 nitrogen and oxygen atoms in total. The summed E-state index contributed by atoms with van der Waals surface area (Å²) in [5, 5.41) is 12.3. The first-order chi connectivity index (χ1) is 70.3. The van der Waals surface area contributed by atoms with Crippen molar-refractivity contribution in [3.63, 3.8) is 0 Å². The standard InChI is InChI=1S/6C18H13N5O.6Pt/c6*1-22-8-14(20-10-22)17-16-13(9-24-17)11-4-3-5-12(15(11)21-16)18-19-6-7-23(18)2;;;;;;/h3*3-5,7-10H,1-2H3;3*3-9H,1-2H3;;;;;;/q6*-2;6*+2. The molecule has 42 heteroatoms. The quantitative estimate of drug-likeness (QED) is 0.103. The summed E-state index contributed by atoms with van der Waals surface area (Å²) in [7, 11) is 23.2. The van der Waals surface area contributed by atoms with Crippen molar-refractivity contribution in [2.45, 2.75) is 0 Å². The maximum Gasteiger partial charge on any atom is 2.00 e. The van der Waals surface area contributed by atoms with Crippen LogP contribution in [0.1, 0.15) is 0 Å². The number of imidazole rings is 12. The van der Waals surface area contributed by atoms with Gasteiger partial charge >= 0.3 is 126 Å². The first kappa shape index (κ1) is 103. The second-order valence-corrected chi connectivity index (χ2v) is 35.1. The van der Waals surface area contributed by atoms with Crippen LogP contribution in [0, 0.1) is 37.6 Å². The molecule has 0 aliphatic heterocycles. The summed E-state index contributed by atoms with van der Waals surface area (Å²) in [6, 6.07) is 36.7. The molecule has 150 heavy (non-hydrogen) atoms. The molecule has 0 saturated heterocycles. The molecule has 30 aromatic rings. The Kier molecular flexibility index (Phi) is 28.8. The van der Waals surface area contributed by atoms with E-state index in [1.165, 1.54) is 0 Å². The molecular formula is C108H78N30O6Pt6. The van der Waals surface area contributed by atoms with Gasteiger partial charge in [0.05, 0.1) is 73.8 Å². The molecular weight excluding hydrogens is 2980 g/mol. The third kappa shape index (κ3) is 18.0. The maximum absolute atomic E-state index is 5.75. The van der Waals surface area contributed by atoms with Crippen LogP contribution in [0.15, 0.2) is 285 Å². The Morgan fingerprint density at radius 2 is 0.433 bits per heavy atom. The van der Waals surface area contributed by atoms with E-state index < -0.39 is 0 Å². The number of aromatic nitrogens is 30. The maximum atomic E-state index is 5.75. The third-order valence-corrected chi connectivity index (χ3v) is 25.5. The number of hydrogen-bond acceptors (Lipinski definition) is 18. The molecule has 0 aliphatic carbocycles. The Bertz CT molecular complexity index is 8620. The SMILES string of the molecule is Cn1[c-]nc(-c2occ3c2[n-]c2c(-c4nccn4C)cccc23)c1.Cn1[c-]nc(-c2occ3c2[n-]c2c(-c4nccn4C)cccc23)c1.Cn1[c-]nc(-c2occ3c2[n-]c2c(-c4nccn4C)cccc23)c1.Cn1cnc(-c2occ3c2[n-]c2c(-c4n[c-]cn4C)cccc23)c1.Cn1cnc(-c2occ3c2[n-]c2c(-c4n[c-]cn4C)cccc23)c1.Cn1cnc(-c2occ3c2[n-]c2c(-c4n[c-]cn4C)cccc23)c1.[Pt+2].[Pt+2].[Pt+2].[Pt+2].[Pt+2].[Pt+2]. The van der Waals surface area contributed by atoms with Crippen LogP contribution in [-0.4, -0.2) is 115 Å². The van der Waals surface area contributed by atoms with Crippen LogP contribution in [0.2, 0.25) is 0 Å². The van der Waals surface area contributed by atoms with Gasteiger partial charge in [0.1, 0.15) is 51.8 Å². The number of hydrogen-bond donors (Lipinski definition) is 0. The van der Waals surface area contributed by atoms with Crippen molar-refractivity contribution >= 4 is 131 Å². The van der Waals surface area contributed by atoms with Gasteiger partial charge in [-0.25, -0.2) is 29.9 Å². The molecule has 756 valence electrons. The first-order valence-electron chi connectivity index (χ1n) is 45.4. The first-order valence-corrected chi connectivity index (χ1v) is 45.4. The van der Waals surface area contributed by atoms with Gasteiger partial charge in [-0.2, -0.15) is 0 Å². The van der Waals surface area contributed by atoms with Crippen LogP contribution >= 0.6 is 0 Å². The van der Waals surface area contributed by atoms with Crippen LogP contribution in [0.3, 0.4) is 0 Å². The van der Waals surface area contributed by atoms with E-state index in [-0.39, 0.29) is 126 Å². The molecule has 6 aromatic carbocycles. The van der Waals surface area contributed by atoms with Gasteiger partial charge in [-0.15, -0.1) is 70.3 Å². The molecule has 0 N–H and O–H groups in total. The summed E-state index contributed by atoms with van der Waals surface area (Å²) < 4.78 is 57.3. The van der Waals surface area contributed by atoms with Crippen LogP contribution < -0.4 is 29.9 Å². The van der Waals surface area contributed by atoms with Crippen molar-refractivity contribution in [1.29, 1.82) is 0 Å². The Balaban J connectivity index is 0.000000112. The van der Waals surface area contributed by atoms with Crippen molar-refractivity contribution < 1.29 is 153 Å². The second kappa shape index (κ2) is 41.9. The second-order valence-electron chi connectivity index (χ2n) is 35.1. The normalized spacial score (nSPS) is 11.3. The van der Waals surface area contributed by atoms with Gasteiger partial charge in [0.15, 0.2) is 0 Å². The van der Waals surface area contributed by atoms with Crippen LogP contribution in [-0.2, 0) is 211 Å². The molecule has 0 unspecified atom stereocenters. The summed E-state index contributed by atoms with van der Waals surface area (Å²) in [4.78, 5) is 81.3. The Hall–Kier alpha value is -15.6. The number of para-hydroxylation sites is 6. The van der Waals surface area contributed by atoms with Gasteiger partial charge in [-0.1, -0.05) is 178 Å². The van der Waals surface area contributed by atoms with E-state index in [0.717, 1.165) is 233 Å². The molecule has 0 radical (unpaired) electrons. The van der Waals surface area contributed by atoms with Crippen molar-refractivity contribution in [3.8, 4) is 137 Å². The van der Waals surface area contributed by atoms with E-state index in [0.29, 0.717) is 34.6 Å². The molecule has 0 atom stereocenters. The number of benzene rings is 6. The molecule has 30 rings (SSSR count). The molecule has 24 heterocycles. The van der Waals surface area contributed by atoms with Gasteiger partial charge in [0.2, 0.25) is 0 Å². The molecule has 0 spiro atoms. The molecule has 24 aromatic heterocycles. The number of rotatable bonds is 12. The average molecular weight is 3060 g/mol. The third-order valence-electron chi connectivity index (χ3n) is 25.5. The minimum absolute atomic E-state index is 0. The zero-order valence-corrected chi connectivity index (χ0v) is 94.6. The number of nitrogens with zero attached hydrogens (tertiary/aromatic N) is 30. The minimum Gasteiger partial charge on any atom is -0.654 e. The van der Waals surface area contributed by atoms with Gasteiger partial charge in [-0.05, 0) is 109 Å². The van der Waals surface area contributed by atoms with Gasteiger partial charge < -0.3 is 141 Å². The number of aryl methyl sites for hydroxylation is 12. The Labute approximate surface area is 937 Å². The van der Waals surface area contributed by atoms with E-state index in [2.05, 4.69) is 134 Å². The van der Waals surface area contributed by atoms with Crippen LogP contribution in [0.4, 0.5) is 0 Å². The Morgan fingerprint density at radius 3 is 0.607 bits per heavy atom. The summed E-state index contributed by atoms with van der Waals surface area (Å²) in [6.07, 6.45) is 61.0. The molecule has 0 fully saturated rings. The predicted octanol–water partition coefficient (Wildman–Crippen LogP) is 18.9. The number of furan rings is 6. The fourth-order valence-corrected chi connectivity index (χ4v) is 18.7. The largest absolute Gasteiger partial charge is 2.00 e.